The van der Waals surface area contributed by atoms with E-state index in [4.69, 9.17) is 5.26 Å². The molecular formula is C15H10BrN3. The zero-order valence-corrected chi connectivity index (χ0v) is 11.6. The first-order valence-corrected chi connectivity index (χ1v) is 6.67. The molecule has 3 rings (SSSR count). The van der Waals surface area contributed by atoms with Crippen LogP contribution < -0.4 is 0 Å². The summed E-state index contributed by atoms with van der Waals surface area (Å²) in [6, 6.07) is 17.9. The number of nitrogens with zero attached hydrogens (tertiary/aromatic N) is 3. The monoisotopic (exact) mass is 311 g/mol. The molecule has 0 fully saturated rings. The van der Waals surface area contributed by atoms with Crippen LogP contribution in [0.4, 0.5) is 0 Å². The van der Waals surface area contributed by atoms with Gasteiger partial charge in [-0.05, 0) is 39.7 Å². The molecule has 0 aliphatic heterocycles. The second-order valence-electron chi connectivity index (χ2n) is 4.28. The number of benzene rings is 2. The molecular weight excluding hydrogens is 302 g/mol. The van der Waals surface area contributed by atoms with Gasteiger partial charge in [0.15, 0.2) is 0 Å². The van der Waals surface area contributed by atoms with Gasteiger partial charge in [0.2, 0.25) is 0 Å². The Morgan fingerprint density at radius 2 is 1.95 bits per heavy atom. The lowest BCUT2D eigenvalue weighted by molar-refractivity contribution is 0.706. The summed E-state index contributed by atoms with van der Waals surface area (Å²) >= 11 is 3.45. The van der Waals surface area contributed by atoms with Gasteiger partial charge in [-0.2, -0.15) is 10.4 Å². The van der Waals surface area contributed by atoms with E-state index >= 15 is 0 Å². The highest BCUT2D eigenvalue weighted by Crippen LogP contribution is 2.25. The first kappa shape index (κ1) is 11.9. The van der Waals surface area contributed by atoms with Crippen LogP contribution in [0.3, 0.4) is 0 Å². The lowest BCUT2D eigenvalue weighted by atomic mass is 10.2. The van der Waals surface area contributed by atoms with Gasteiger partial charge in [-0.15, -0.1) is 0 Å². The van der Waals surface area contributed by atoms with Crippen LogP contribution >= 0.6 is 15.9 Å². The van der Waals surface area contributed by atoms with Crippen molar-refractivity contribution in [3.63, 3.8) is 0 Å². The molecule has 92 valence electrons. The number of halogens is 1. The van der Waals surface area contributed by atoms with Crippen molar-refractivity contribution in [2.45, 2.75) is 6.54 Å². The van der Waals surface area contributed by atoms with Gasteiger partial charge in [0.25, 0.3) is 0 Å². The molecule has 0 aliphatic carbocycles. The SMILES string of the molecule is N#Cc1ccc2c(c1)c(Br)nn2Cc1ccccc1. The number of fused-ring (bicyclic) bond motifs is 1. The van der Waals surface area contributed by atoms with Gasteiger partial charge in [-0.1, -0.05) is 30.3 Å². The Morgan fingerprint density at radius 3 is 2.68 bits per heavy atom. The maximum Gasteiger partial charge on any atom is 0.136 e. The zero-order valence-electron chi connectivity index (χ0n) is 10.0. The Bertz CT molecular complexity index is 769. The van der Waals surface area contributed by atoms with Crippen molar-refractivity contribution < 1.29 is 0 Å². The minimum Gasteiger partial charge on any atom is -0.259 e. The predicted octanol–water partition coefficient (Wildman–Crippen LogP) is 3.72. The highest BCUT2D eigenvalue weighted by atomic mass is 79.9. The molecule has 19 heavy (non-hydrogen) atoms. The van der Waals surface area contributed by atoms with Crippen LogP contribution in [-0.2, 0) is 6.54 Å². The van der Waals surface area contributed by atoms with Gasteiger partial charge in [0.1, 0.15) is 4.60 Å². The van der Waals surface area contributed by atoms with Crippen molar-refractivity contribution in [1.82, 2.24) is 9.78 Å². The maximum atomic E-state index is 8.94. The third-order valence-electron chi connectivity index (χ3n) is 3.01. The molecule has 3 nitrogen and oxygen atoms in total. The van der Waals surface area contributed by atoms with Gasteiger partial charge in [-0.3, -0.25) is 4.68 Å². The topological polar surface area (TPSA) is 41.6 Å². The van der Waals surface area contributed by atoms with Crippen molar-refractivity contribution in [3.8, 4) is 6.07 Å². The minimum atomic E-state index is 0.646. The van der Waals surface area contributed by atoms with E-state index in [0.29, 0.717) is 5.56 Å². The normalized spacial score (nSPS) is 10.5. The first-order chi connectivity index (χ1) is 9.28. The van der Waals surface area contributed by atoms with Crippen LogP contribution in [0.5, 0.6) is 0 Å². The van der Waals surface area contributed by atoms with Gasteiger partial charge >= 0.3 is 0 Å². The van der Waals surface area contributed by atoms with Crippen molar-refractivity contribution in [2.75, 3.05) is 0 Å². The molecule has 0 bridgehead atoms. The zero-order chi connectivity index (χ0) is 13.2. The summed E-state index contributed by atoms with van der Waals surface area (Å²) in [6.45, 7) is 0.717. The Hall–Kier alpha value is -2.12. The summed E-state index contributed by atoms with van der Waals surface area (Å²) < 4.78 is 2.71. The predicted molar refractivity (Wildman–Crippen MR) is 77.7 cm³/mol. The fourth-order valence-electron chi connectivity index (χ4n) is 2.09. The summed E-state index contributed by atoms with van der Waals surface area (Å²) in [7, 11) is 0. The molecule has 0 unspecified atom stereocenters. The van der Waals surface area contributed by atoms with Crippen LogP contribution in [0.2, 0.25) is 0 Å². The molecule has 1 heterocycles. The summed E-state index contributed by atoms with van der Waals surface area (Å²) in [6.07, 6.45) is 0. The molecule has 0 N–H and O–H groups in total. The number of hydrogen-bond donors (Lipinski definition) is 0. The molecule has 0 amide bonds. The fourth-order valence-corrected chi connectivity index (χ4v) is 2.60. The van der Waals surface area contributed by atoms with E-state index in [9.17, 15) is 0 Å². The van der Waals surface area contributed by atoms with E-state index in [-0.39, 0.29) is 0 Å². The van der Waals surface area contributed by atoms with Gasteiger partial charge in [-0.25, -0.2) is 0 Å². The van der Waals surface area contributed by atoms with E-state index in [1.165, 1.54) is 5.56 Å². The Kier molecular flexibility index (Phi) is 3.06. The lowest BCUT2D eigenvalue weighted by Gasteiger charge is -2.03. The lowest BCUT2D eigenvalue weighted by Crippen LogP contribution is -2.01. The first-order valence-electron chi connectivity index (χ1n) is 5.88. The largest absolute Gasteiger partial charge is 0.259 e. The van der Waals surface area contributed by atoms with E-state index in [1.807, 2.05) is 41.1 Å². The summed E-state index contributed by atoms with van der Waals surface area (Å²) in [4.78, 5) is 0. The van der Waals surface area contributed by atoms with E-state index in [1.54, 1.807) is 0 Å². The molecule has 4 heteroatoms. The highest BCUT2D eigenvalue weighted by molar-refractivity contribution is 9.10. The standard InChI is InChI=1S/C15H10BrN3/c16-15-13-8-12(9-17)6-7-14(13)19(18-15)10-11-4-2-1-3-5-11/h1-8H,10H2. The second kappa shape index (κ2) is 4.87. The summed E-state index contributed by atoms with van der Waals surface area (Å²) in [5, 5.41) is 14.4. The quantitative estimate of drug-likeness (QED) is 0.724. The Labute approximate surface area is 119 Å². The van der Waals surface area contributed by atoms with E-state index < -0.39 is 0 Å². The van der Waals surface area contributed by atoms with Gasteiger partial charge < -0.3 is 0 Å². The van der Waals surface area contributed by atoms with Crippen molar-refractivity contribution in [2.24, 2.45) is 0 Å². The maximum absolute atomic E-state index is 8.94. The molecule has 2 aromatic carbocycles. The fraction of sp³-hybridized carbons (Fsp3) is 0.0667. The Morgan fingerprint density at radius 1 is 1.16 bits per heavy atom. The highest BCUT2D eigenvalue weighted by Gasteiger charge is 2.09. The second-order valence-corrected chi connectivity index (χ2v) is 5.03. The minimum absolute atomic E-state index is 0.646. The van der Waals surface area contributed by atoms with Gasteiger partial charge in [0.05, 0.1) is 23.7 Å². The number of hydrogen-bond acceptors (Lipinski definition) is 2. The third-order valence-corrected chi connectivity index (χ3v) is 3.60. The van der Waals surface area contributed by atoms with Crippen molar-refractivity contribution >= 4 is 26.8 Å². The van der Waals surface area contributed by atoms with Crippen LogP contribution in [0, 0.1) is 11.3 Å². The van der Waals surface area contributed by atoms with Crippen molar-refractivity contribution in [3.05, 3.63) is 64.3 Å². The molecule has 0 saturated carbocycles. The molecule has 0 saturated heterocycles. The molecule has 0 spiro atoms. The number of nitriles is 1. The Balaban J connectivity index is 2.08. The molecule has 0 radical (unpaired) electrons. The van der Waals surface area contributed by atoms with Crippen LogP contribution in [0.1, 0.15) is 11.1 Å². The van der Waals surface area contributed by atoms with Crippen molar-refractivity contribution in [1.29, 1.82) is 5.26 Å². The van der Waals surface area contributed by atoms with E-state index in [0.717, 1.165) is 22.1 Å². The third kappa shape index (κ3) is 2.25. The van der Waals surface area contributed by atoms with Gasteiger partial charge in [0, 0.05) is 5.39 Å². The van der Waals surface area contributed by atoms with Crippen LogP contribution in [0.15, 0.2) is 53.1 Å². The van der Waals surface area contributed by atoms with Crippen LogP contribution in [0.25, 0.3) is 10.9 Å². The smallest absolute Gasteiger partial charge is 0.136 e. The van der Waals surface area contributed by atoms with E-state index in [2.05, 4.69) is 39.2 Å². The molecule has 1 aromatic heterocycles. The molecule has 0 atom stereocenters. The number of aromatic nitrogens is 2. The summed E-state index contributed by atoms with van der Waals surface area (Å²) in [5.41, 5.74) is 2.87. The number of rotatable bonds is 2. The molecule has 0 aliphatic rings. The molecule has 3 aromatic rings. The average molecular weight is 312 g/mol. The van der Waals surface area contributed by atoms with Crippen LogP contribution in [-0.4, -0.2) is 9.78 Å². The average Bonchev–Trinajstić information content (AvgIpc) is 2.76. The summed E-state index contributed by atoms with van der Waals surface area (Å²) in [5.74, 6) is 0.